The molecular weight excluding hydrogens is 595 g/mol. The quantitative estimate of drug-likeness (QED) is 0.202. The summed E-state index contributed by atoms with van der Waals surface area (Å²) in [7, 11) is 1.57. The molecule has 5 rings (SSSR count). The number of ether oxygens (including phenoxy) is 2. The lowest BCUT2D eigenvalue weighted by Crippen LogP contribution is -2.42. The van der Waals surface area contributed by atoms with Crippen molar-refractivity contribution in [1.82, 2.24) is 24.3 Å². The Morgan fingerprint density at radius 1 is 1.00 bits per heavy atom. The van der Waals surface area contributed by atoms with E-state index in [0.29, 0.717) is 34.1 Å². The Balaban J connectivity index is 1.44. The van der Waals surface area contributed by atoms with E-state index in [1.807, 2.05) is 6.92 Å². The number of hydrogen-bond acceptors (Lipinski definition) is 8. The van der Waals surface area contributed by atoms with Gasteiger partial charge in [0.25, 0.3) is 11.5 Å². The number of anilines is 2. The van der Waals surface area contributed by atoms with Gasteiger partial charge in [-0.25, -0.2) is 27.5 Å². The second-order valence-electron chi connectivity index (χ2n) is 10.4. The number of carbonyl (C=O) groups is 1. The lowest BCUT2D eigenvalue weighted by Gasteiger charge is -2.16. The van der Waals surface area contributed by atoms with Crippen LogP contribution in [0.25, 0.3) is 16.7 Å². The van der Waals surface area contributed by atoms with Crippen LogP contribution in [0.4, 0.5) is 24.7 Å². The Hall–Kier alpha value is -5.44. The van der Waals surface area contributed by atoms with Gasteiger partial charge in [0.05, 0.1) is 12.3 Å². The van der Waals surface area contributed by atoms with Crippen LogP contribution >= 0.6 is 0 Å². The van der Waals surface area contributed by atoms with Crippen molar-refractivity contribution in [3.63, 3.8) is 0 Å². The molecule has 0 aliphatic rings. The summed E-state index contributed by atoms with van der Waals surface area (Å²) in [6.45, 7) is 5.57. The Morgan fingerprint density at radius 2 is 1.78 bits per heavy atom. The molecule has 15 heteroatoms. The van der Waals surface area contributed by atoms with Crippen LogP contribution in [0.15, 0.2) is 64.4 Å². The van der Waals surface area contributed by atoms with Crippen molar-refractivity contribution >= 4 is 28.4 Å². The number of halogens is 3. The van der Waals surface area contributed by atoms with Gasteiger partial charge in [0.15, 0.2) is 34.7 Å². The Bertz CT molecular complexity index is 2020. The number of nitrogens with zero attached hydrogens (tertiary/aromatic N) is 4. The van der Waals surface area contributed by atoms with Crippen LogP contribution in [0.2, 0.25) is 0 Å². The number of carbonyl (C=O) groups excluding carboxylic acids is 1. The first-order chi connectivity index (χ1) is 21.5. The van der Waals surface area contributed by atoms with Crippen LogP contribution in [0.3, 0.4) is 0 Å². The molecule has 3 heterocycles. The van der Waals surface area contributed by atoms with Gasteiger partial charge >= 0.3 is 5.69 Å². The van der Waals surface area contributed by atoms with E-state index in [2.05, 4.69) is 25.8 Å². The molecule has 3 N–H and O–H groups in total. The zero-order chi connectivity index (χ0) is 32.4. The van der Waals surface area contributed by atoms with E-state index >= 15 is 4.39 Å². The molecule has 1 atom stereocenters. The number of benzene rings is 2. The molecule has 0 saturated carbocycles. The molecule has 0 unspecified atom stereocenters. The average molecular weight is 624 g/mol. The van der Waals surface area contributed by atoms with Crippen molar-refractivity contribution in [2.24, 2.45) is 0 Å². The third-order valence-electron chi connectivity index (χ3n) is 6.71. The summed E-state index contributed by atoms with van der Waals surface area (Å²) < 4.78 is 55.4. The van der Waals surface area contributed by atoms with Crippen molar-refractivity contribution < 1.29 is 27.4 Å². The number of aromatic amines is 1. The predicted octanol–water partition coefficient (Wildman–Crippen LogP) is 4.76. The van der Waals surface area contributed by atoms with Gasteiger partial charge in [0, 0.05) is 55.5 Å². The summed E-state index contributed by atoms with van der Waals surface area (Å²) in [5, 5.41) is 13.1. The van der Waals surface area contributed by atoms with Crippen LogP contribution < -0.4 is 26.6 Å². The molecule has 45 heavy (non-hydrogen) atoms. The van der Waals surface area contributed by atoms with Crippen LogP contribution in [0, 0.1) is 17.5 Å². The normalized spacial score (nSPS) is 12.0. The molecule has 1 amide bonds. The van der Waals surface area contributed by atoms with E-state index in [1.54, 1.807) is 27.0 Å². The van der Waals surface area contributed by atoms with Crippen molar-refractivity contribution in [2.45, 2.75) is 32.9 Å². The van der Waals surface area contributed by atoms with Gasteiger partial charge in [-0.15, -0.1) is 0 Å². The first-order valence-corrected chi connectivity index (χ1v) is 13.7. The second kappa shape index (κ2) is 12.7. The molecular formula is C30H28F3N7O5. The van der Waals surface area contributed by atoms with Gasteiger partial charge in [-0.3, -0.25) is 19.3 Å². The molecule has 0 aliphatic heterocycles. The van der Waals surface area contributed by atoms with Gasteiger partial charge < -0.3 is 20.1 Å². The van der Waals surface area contributed by atoms with Crippen LogP contribution in [0.5, 0.6) is 11.5 Å². The zero-order valence-corrected chi connectivity index (χ0v) is 24.5. The van der Waals surface area contributed by atoms with Crippen LogP contribution in [0.1, 0.15) is 37.2 Å². The maximum Gasteiger partial charge on any atom is 0.335 e. The molecule has 5 aromatic rings. The minimum absolute atomic E-state index is 0.0233. The van der Waals surface area contributed by atoms with Gasteiger partial charge in [-0.2, -0.15) is 5.10 Å². The average Bonchev–Trinajstić information content (AvgIpc) is 3.39. The molecule has 0 saturated heterocycles. The maximum absolute atomic E-state index is 15.3. The van der Waals surface area contributed by atoms with E-state index in [0.717, 1.165) is 29.0 Å². The number of pyridine rings is 1. The molecule has 12 nitrogen and oxygen atoms in total. The lowest BCUT2D eigenvalue weighted by molar-refractivity contribution is 0.102. The third-order valence-corrected chi connectivity index (χ3v) is 6.71. The van der Waals surface area contributed by atoms with Crippen molar-refractivity contribution in [2.75, 3.05) is 24.4 Å². The predicted molar refractivity (Wildman–Crippen MR) is 160 cm³/mol. The van der Waals surface area contributed by atoms with E-state index in [9.17, 15) is 23.2 Å². The largest absolute Gasteiger partial charge is 0.453 e. The third kappa shape index (κ3) is 6.28. The summed E-state index contributed by atoms with van der Waals surface area (Å²) >= 11 is 0. The molecule has 3 aromatic heterocycles. The Labute approximate surface area is 253 Å². The number of aromatic nitrogens is 5. The number of H-pyrrole nitrogens is 1. The highest BCUT2D eigenvalue weighted by molar-refractivity contribution is 6.04. The lowest BCUT2D eigenvalue weighted by atomic mass is 10.2. The summed E-state index contributed by atoms with van der Waals surface area (Å²) in [6, 6.07) is 7.05. The van der Waals surface area contributed by atoms with Crippen LogP contribution in [-0.2, 0) is 4.74 Å². The fraction of sp³-hybridized carbons (Fsp3) is 0.233. The maximum atomic E-state index is 15.3. The first kappa shape index (κ1) is 31.0. The molecule has 234 valence electrons. The topological polar surface area (TPSA) is 145 Å². The molecule has 2 aromatic carbocycles. The zero-order valence-electron chi connectivity index (χ0n) is 24.5. The fourth-order valence-electron chi connectivity index (χ4n) is 4.57. The number of amides is 1. The Kier molecular flexibility index (Phi) is 8.72. The highest BCUT2D eigenvalue weighted by Crippen LogP contribution is 2.34. The van der Waals surface area contributed by atoms with Gasteiger partial charge in [-0.1, -0.05) is 0 Å². The molecule has 0 spiro atoms. The Morgan fingerprint density at radius 3 is 2.47 bits per heavy atom. The van der Waals surface area contributed by atoms with Gasteiger partial charge in [0.1, 0.15) is 16.7 Å². The minimum atomic E-state index is -1.28. The first-order valence-electron chi connectivity index (χ1n) is 13.7. The number of hydrogen-bond donors (Lipinski definition) is 3. The van der Waals surface area contributed by atoms with Gasteiger partial charge in [0.2, 0.25) is 0 Å². The highest BCUT2D eigenvalue weighted by Gasteiger charge is 2.22. The number of methoxy groups -OCH3 is 1. The SMILES string of the molecule is COC[C@H](C)Nc1n[nH]c2nccc(Oc3ccc(NC(=O)c4cn(C(C)C)c(=O)n(-c5ccc(F)c(F)c5)c4=O)cc3F)c12. The fourth-order valence-corrected chi connectivity index (χ4v) is 4.57. The molecule has 0 aliphatic carbocycles. The smallest absolute Gasteiger partial charge is 0.335 e. The molecule has 0 fully saturated rings. The summed E-state index contributed by atoms with van der Waals surface area (Å²) in [5.41, 5.74) is -2.32. The van der Waals surface area contributed by atoms with E-state index in [-0.39, 0.29) is 28.9 Å². The minimum Gasteiger partial charge on any atom is -0.453 e. The van der Waals surface area contributed by atoms with Crippen molar-refractivity contribution in [3.05, 3.63) is 98.7 Å². The summed E-state index contributed by atoms with van der Waals surface area (Å²) in [4.78, 5) is 43.8. The highest BCUT2D eigenvalue weighted by atomic mass is 19.2. The van der Waals surface area contributed by atoms with Crippen molar-refractivity contribution in [1.29, 1.82) is 0 Å². The number of fused-ring (bicyclic) bond motifs is 1. The van der Waals surface area contributed by atoms with Gasteiger partial charge in [-0.05, 0) is 45.0 Å². The monoisotopic (exact) mass is 623 g/mol. The number of rotatable bonds is 10. The summed E-state index contributed by atoms with van der Waals surface area (Å²) in [5.74, 6) is -3.75. The standard InChI is InChI=1S/C30H28F3N7O5/c1-15(2)39-13-19(29(42)40(30(39)43)18-6-7-20(31)21(32)12-18)28(41)36-17-5-8-23(22(33)11-17)45-24-9-10-34-26-25(24)27(38-37-26)35-16(3)14-44-4/h5-13,15-16H,14H2,1-4H3,(H,36,41)(H2,34,35,37,38)/t16-/m0/s1. The van der Waals surface area contributed by atoms with E-state index < -0.39 is 46.2 Å². The molecule has 0 bridgehead atoms. The number of nitrogens with one attached hydrogen (secondary N) is 3. The van der Waals surface area contributed by atoms with E-state index in [1.165, 1.54) is 18.3 Å². The van der Waals surface area contributed by atoms with E-state index in [4.69, 9.17) is 9.47 Å². The van der Waals surface area contributed by atoms with Crippen LogP contribution in [-0.4, -0.2) is 50.0 Å². The molecule has 0 radical (unpaired) electrons. The summed E-state index contributed by atoms with van der Waals surface area (Å²) in [6.07, 6.45) is 2.53. The second-order valence-corrected chi connectivity index (χ2v) is 10.4. The van der Waals surface area contributed by atoms with Crippen molar-refractivity contribution in [3.8, 4) is 17.2 Å².